The summed E-state index contributed by atoms with van der Waals surface area (Å²) in [6.07, 6.45) is 3.66. The highest BCUT2D eigenvalue weighted by atomic mass is 15.0. The molecule has 0 amide bonds. The SMILES string of the molecule is c1ccc(-c2nc(-c3ccccc3-c3cccc(-c4cccc(-c5ccccn5)c4)c3)nc(-c3ccccc3-c3cccc(-c4cccc(-c5ccccn5)c4)c3)n2)cc1. The van der Waals surface area contributed by atoms with E-state index >= 15 is 0 Å². The lowest BCUT2D eigenvalue weighted by molar-refractivity contribution is 1.07. The smallest absolute Gasteiger partial charge is 0.164 e. The molecule has 0 fully saturated rings. The second-order valence-electron chi connectivity index (χ2n) is 14.5. The maximum Gasteiger partial charge on any atom is 0.164 e. The van der Waals surface area contributed by atoms with Gasteiger partial charge in [-0.25, -0.2) is 15.0 Å². The molecule has 0 unspecified atom stereocenters. The van der Waals surface area contributed by atoms with Crippen molar-refractivity contribution in [2.45, 2.75) is 0 Å². The Bertz CT molecular complexity index is 2900. The number of pyridine rings is 2. The van der Waals surface area contributed by atoms with E-state index in [0.717, 1.165) is 83.7 Å². The number of nitrogens with zero attached hydrogens (tertiary/aromatic N) is 5. The molecule has 5 heteroatoms. The van der Waals surface area contributed by atoms with Crippen LogP contribution in [0.15, 0.2) is 225 Å². The van der Waals surface area contributed by atoms with Crippen molar-refractivity contribution in [3.05, 3.63) is 225 Å². The molecule has 0 aliphatic heterocycles. The molecule has 5 nitrogen and oxygen atoms in total. The van der Waals surface area contributed by atoms with Gasteiger partial charge in [0.25, 0.3) is 0 Å². The molecule has 7 aromatic carbocycles. The van der Waals surface area contributed by atoms with Gasteiger partial charge in [0, 0.05) is 40.2 Å². The standard InChI is InChI=1S/C55H37N5/c1-2-16-38(17-3-1)53-58-54(49-28-6-4-26-47(49)43-22-12-18-39(34-43)41-20-14-24-45(36-41)51-30-8-10-32-56-51)60-55(59-53)50-29-7-5-27-48(50)44-23-13-19-40(35-44)42-21-15-25-46(37-42)52-31-9-11-33-57-52/h1-37H. The topological polar surface area (TPSA) is 64.5 Å². The third-order valence-corrected chi connectivity index (χ3v) is 10.7. The van der Waals surface area contributed by atoms with Crippen LogP contribution in [0.25, 0.3) is 101 Å². The van der Waals surface area contributed by atoms with Gasteiger partial charge in [-0.2, -0.15) is 0 Å². The molecule has 10 rings (SSSR count). The molecule has 0 aliphatic carbocycles. The number of hydrogen-bond donors (Lipinski definition) is 0. The monoisotopic (exact) mass is 767 g/mol. The quantitative estimate of drug-likeness (QED) is 0.146. The van der Waals surface area contributed by atoms with Crippen LogP contribution < -0.4 is 0 Å². The lowest BCUT2D eigenvalue weighted by Crippen LogP contribution is -2.02. The number of hydrogen-bond acceptors (Lipinski definition) is 5. The first kappa shape index (κ1) is 36.2. The van der Waals surface area contributed by atoms with Crippen molar-refractivity contribution in [1.82, 2.24) is 24.9 Å². The van der Waals surface area contributed by atoms with Crippen molar-refractivity contribution in [3.8, 4) is 101 Å². The van der Waals surface area contributed by atoms with Crippen LogP contribution in [0.5, 0.6) is 0 Å². The van der Waals surface area contributed by atoms with E-state index in [0.29, 0.717) is 17.5 Å². The fourth-order valence-electron chi connectivity index (χ4n) is 7.71. The molecule has 0 saturated heterocycles. The molecule has 3 aromatic heterocycles. The van der Waals surface area contributed by atoms with Crippen LogP contribution in [0.2, 0.25) is 0 Å². The van der Waals surface area contributed by atoms with E-state index in [4.69, 9.17) is 15.0 Å². The molecule has 10 aromatic rings. The van der Waals surface area contributed by atoms with Gasteiger partial charge in [-0.15, -0.1) is 0 Å². The van der Waals surface area contributed by atoms with Gasteiger partial charge in [-0.05, 0) is 93.0 Å². The zero-order valence-electron chi connectivity index (χ0n) is 32.6. The van der Waals surface area contributed by atoms with Gasteiger partial charge in [0.05, 0.1) is 11.4 Å². The fraction of sp³-hybridized carbons (Fsp3) is 0. The number of rotatable bonds is 9. The summed E-state index contributed by atoms with van der Waals surface area (Å²) in [6.45, 7) is 0. The van der Waals surface area contributed by atoms with Crippen LogP contribution in [-0.4, -0.2) is 24.9 Å². The largest absolute Gasteiger partial charge is 0.256 e. The van der Waals surface area contributed by atoms with E-state index in [1.54, 1.807) is 0 Å². The third kappa shape index (κ3) is 7.51. The zero-order valence-corrected chi connectivity index (χ0v) is 32.6. The summed E-state index contributed by atoms with van der Waals surface area (Å²) in [7, 11) is 0. The van der Waals surface area contributed by atoms with Crippen molar-refractivity contribution in [3.63, 3.8) is 0 Å². The average molecular weight is 768 g/mol. The minimum Gasteiger partial charge on any atom is -0.256 e. The van der Waals surface area contributed by atoms with Crippen molar-refractivity contribution in [1.29, 1.82) is 0 Å². The highest BCUT2D eigenvalue weighted by molar-refractivity contribution is 5.87. The van der Waals surface area contributed by atoms with Crippen LogP contribution in [-0.2, 0) is 0 Å². The van der Waals surface area contributed by atoms with Gasteiger partial charge < -0.3 is 0 Å². The Morgan fingerprint density at radius 2 is 0.550 bits per heavy atom. The summed E-state index contributed by atoms with van der Waals surface area (Å²) in [4.78, 5) is 24.8. The van der Waals surface area contributed by atoms with Gasteiger partial charge in [0.2, 0.25) is 0 Å². The summed E-state index contributed by atoms with van der Waals surface area (Å²) in [6, 6.07) is 73.3. The first-order chi connectivity index (χ1) is 29.7. The molecule has 0 saturated carbocycles. The van der Waals surface area contributed by atoms with E-state index < -0.39 is 0 Å². The number of aromatic nitrogens is 5. The highest BCUT2D eigenvalue weighted by Crippen LogP contribution is 2.38. The van der Waals surface area contributed by atoms with Crippen molar-refractivity contribution in [2.24, 2.45) is 0 Å². The average Bonchev–Trinajstić information content (AvgIpc) is 3.35. The lowest BCUT2D eigenvalue weighted by Gasteiger charge is -2.15. The lowest BCUT2D eigenvalue weighted by atomic mass is 9.94. The first-order valence-electron chi connectivity index (χ1n) is 20.0. The second kappa shape index (κ2) is 16.4. The molecule has 0 radical (unpaired) electrons. The maximum absolute atomic E-state index is 5.29. The van der Waals surface area contributed by atoms with Crippen LogP contribution in [0.4, 0.5) is 0 Å². The molecule has 0 atom stereocenters. The van der Waals surface area contributed by atoms with E-state index in [9.17, 15) is 0 Å². The van der Waals surface area contributed by atoms with E-state index in [1.807, 2.05) is 91.3 Å². The fourth-order valence-corrected chi connectivity index (χ4v) is 7.71. The van der Waals surface area contributed by atoms with E-state index in [1.165, 1.54) is 0 Å². The first-order valence-corrected chi connectivity index (χ1v) is 20.0. The Morgan fingerprint density at radius 3 is 0.983 bits per heavy atom. The van der Waals surface area contributed by atoms with Crippen LogP contribution in [0, 0.1) is 0 Å². The Hall–Kier alpha value is -8.15. The molecule has 282 valence electrons. The molecular weight excluding hydrogens is 731 g/mol. The number of benzene rings is 7. The van der Waals surface area contributed by atoms with Gasteiger partial charge >= 0.3 is 0 Å². The van der Waals surface area contributed by atoms with Gasteiger partial charge in [-0.3, -0.25) is 9.97 Å². The summed E-state index contributed by atoms with van der Waals surface area (Å²) >= 11 is 0. The molecule has 0 bridgehead atoms. The Morgan fingerprint density at radius 1 is 0.217 bits per heavy atom. The Balaban J connectivity index is 1.07. The maximum atomic E-state index is 5.29. The summed E-state index contributed by atoms with van der Waals surface area (Å²) < 4.78 is 0. The minimum absolute atomic E-state index is 0.604. The Labute approximate surface area is 349 Å². The summed E-state index contributed by atoms with van der Waals surface area (Å²) in [5, 5.41) is 0. The van der Waals surface area contributed by atoms with Crippen LogP contribution >= 0.6 is 0 Å². The predicted molar refractivity (Wildman–Crippen MR) is 244 cm³/mol. The molecule has 0 N–H and O–H groups in total. The normalized spacial score (nSPS) is 11.0. The zero-order chi connectivity index (χ0) is 40.1. The third-order valence-electron chi connectivity index (χ3n) is 10.7. The Kier molecular flexibility index (Phi) is 9.88. The van der Waals surface area contributed by atoms with Crippen LogP contribution in [0.3, 0.4) is 0 Å². The minimum atomic E-state index is 0.604. The molecule has 0 spiro atoms. The molecule has 3 heterocycles. The predicted octanol–water partition coefficient (Wildman–Crippen LogP) is 13.7. The van der Waals surface area contributed by atoms with Crippen LogP contribution in [0.1, 0.15) is 0 Å². The highest BCUT2D eigenvalue weighted by Gasteiger charge is 2.18. The summed E-state index contributed by atoms with van der Waals surface area (Å²) in [5.74, 6) is 1.82. The van der Waals surface area contributed by atoms with E-state index in [2.05, 4.69) is 143 Å². The molecule has 60 heavy (non-hydrogen) atoms. The molecular formula is C55H37N5. The van der Waals surface area contributed by atoms with Gasteiger partial charge in [0.15, 0.2) is 17.5 Å². The van der Waals surface area contributed by atoms with Crippen molar-refractivity contribution < 1.29 is 0 Å². The van der Waals surface area contributed by atoms with Crippen molar-refractivity contribution >= 4 is 0 Å². The van der Waals surface area contributed by atoms with E-state index in [-0.39, 0.29) is 0 Å². The van der Waals surface area contributed by atoms with Crippen molar-refractivity contribution in [2.75, 3.05) is 0 Å². The molecule has 0 aliphatic rings. The van der Waals surface area contributed by atoms with Gasteiger partial charge in [-0.1, -0.05) is 164 Å². The second-order valence-corrected chi connectivity index (χ2v) is 14.5. The van der Waals surface area contributed by atoms with Gasteiger partial charge in [0.1, 0.15) is 0 Å². The summed E-state index contributed by atoms with van der Waals surface area (Å²) in [5.41, 5.74) is 15.5.